The van der Waals surface area contributed by atoms with Gasteiger partial charge in [-0.1, -0.05) is 27.7 Å². The maximum Gasteiger partial charge on any atom is 0.243 e. The number of pyridine rings is 1. The normalized spacial score (nSPS) is 21.6. The summed E-state index contributed by atoms with van der Waals surface area (Å²) in [5, 5.41) is 7.75. The van der Waals surface area contributed by atoms with Crippen LogP contribution in [0.1, 0.15) is 47.0 Å². The van der Waals surface area contributed by atoms with Crippen LogP contribution in [0.25, 0.3) is 5.65 Å². The van der Waals surface area contributed by atoms with Gasteiger partial charge < -0.3 is 5.32 Å². The summed E-state index contributed by atoms with van der Waals surface area (Å²) in [5.41, 5.74) is 1.28. The molecule has 0 amide bonds. The highest BCUT2D eigenvalue weighted by Gasteiger charge is 2.38. The molecule has 0 atom stereocenters. The van der Waals surface area contributed by atoms with Gasteiger partial charge in [0.2, 0.25) is 5.95 Å². The van der Waals surface area contributed by atoms with Crippen molar-refractivity contribution in [3.8, 4) is 0 Å². The second-order valence-corrected chi connectivity index (χ2v) is 7.84. The Morgan fingerprint density at radius 1 is 1.19 bits per heavy atom. The zero-order valence-electron chi connectivity index (χ0n) is 13.2. The Kier molecular flexibility index (Phi) is 3.19. The number of nitrogens with zero attached hydrogens (tertiary/aromatic N) is 3. The highest BCUT2D eigenvalue weighted by molar-refractivity contribution is 5.43. The molecule has 1 N–H and O–H groups in total. The Bertz CT molecular complexity index is 643. The quantitative estimate of drug-likeness (QED) is 0.912. The van der Waals surface area contributed by atoms with Crippen LogP contribution in [-0.2, 0) is 0 Å². The van der Waals surface area contributed by atoms with Crippen molar-refractivity contribution in [3.63, 3.8) is 0 Å². The SMILES string of the molecule is CC1(C)CC(Nc2nc3ccc(F)cn3n2)CC(C)(C)C1. The third kappa shape index (κ3) is 3.17. The van der Waals surface area contributed by atoms with Crippen molar-refractivity contribution < 1.29 is 4.39 Å². The van der Waals surface area contributed by atoms with Gasteiger partial charge in [-0.05, 0) is 42.2 Å². The summed E-state index contributed by atoms with van der Waals surface area (Å²) in [5.74, 6) is 0.276. The van der Waals surface area contributed by atoms with E-state index in [1.165, 1.54) is 23.2 Å². The molecule has 2 aromatic rings. The van der Waals surface area contributed by atoms with Crippen molar-refractivity contribution in [1.82, 2.24) is 14.6 Å². The maximum absolute atomic E-state index is 13.2. The zero-order chi connectivity index (χ0) is 15.3. The lowest BCUT2D eigenvalue weighted by molar-refractivity contribution is 0.105. The summed E-state index contributed by atoms with van der Waals surface area (Å²) >= 11 is 0. The van der Waals surface area contributed by atoms with Gasteiger partial charge in [-0.3, -0.25) is 0 Å². The molecule has 0 spiro atoms. The van der Waals surface area contributed by atoms with E-state index in [1.807, 2.05) is 0 Å². The van der Waals surface area contributed by atoms with Gasteiger partial charge >= 0.3 is 0 Å². The summed E-state index contributed by atoms with van der Waals surface area (Å²) in [6, 6.07) is 3.40. The predicted octanol–water partition coefficient (Wildman–Crippen LogP) is 3.89. The van der Waals surface area contributed by atoms with Gasteiger partial charge in [0.25, 0.3) is 0 Å². The first kappa shape index (κ1) is 14.3. The van der Waals surface area contributed by atoms with E-state index in [0.29, 0.717) is 28.5 Å². The van der Waals surface area contributed by atoms with Crippen LogP contribution in [0.3, 0.4) is 0 Å². The van der Waals surface area contributed by atoms with Crippen LogP contribution in [0.15, 0.2) is 18.3 Å². The molecule has 114 valence electrons. The molecule has 0 unspecified atom stereocenters. The highest BCUT2D eigenvalue weighted by Crippen LogP contribution is 2.46. The van der Waals surface area contributed by atoms with Gasteiger partial charge in [-0.25, -0.2) is 8.91 Å². The topological polar surface area (TPSA) is 42.2 Å². The van der Waals surface area contributed by atoms with Crippen molar-refractivity contribution in [1.29, 1.82) is 0 Å². The smallest absolute Gasteiger partial charge is 0.243 e. The Hall–Kier alpha value is -1.65. The Morgan fingerprint density at radius 3 is 2.52 bits per heavy atom. The minimum atomic E-state index is -0.307. The van der Waals surface area contributed by atoms with E-state index in [-0.39, 0.29) is 5.82 Å². The van der Waals surface area contributed by atoms with E-state index in [9.17, 15) is 4.39 Å². The number of hydrogen-bond donors (Lipinski definition) is 1. The Balaban J connectivity index is 1.81. The molecule has 4 nitrogen and oxygen atoms in total. The summed E-state index contributed by atoms with van der Waals surface area (Å²) in [7, 11) is 0. The molecule has 0 aliphatic heterocycles. The molecule has 5 heteroatoms. The first-order chi connectivity index (χ1) is 9.72. The lowest BCUT2D eigenvalue weighted by atomic mass is 9.63. The fourth-order valence-corrected chi connectivity index (χ4v) is 4.05. The average Bonchev–Trinajstić information content (AvgIpc) is 2.65. The summed E-state index contributed by atoms with van der Waals surface area (Å²) in [6.07, 6.45) is 4.77. The summed E-state index contributed by atoms with van der Waals surface area (Å²) in [4.78, 5) is 4.42. The van der Waals surface area contributed by atoms with Crippen molar-refractivity contribution in [3.05, 3.63) is 24.1 Å². The van der Waals surface area contributed by atoms with Crippen molar-refractivity contribution in [2.24, 2.45) is 10.8 Å². The molecule has 1 saturated carbocycles. The largest absolute Gasteiger partial charge is 0.350 e. The number of aromatic nitrogens is 3. The number of rotatable bonds is 2. The fourth-order valence-electron chi connectivity index (χ4n) is 4.05. The first-order valence-electron chi connectivity index (χ1n) is 7.51. The second-order valence-electron chi connectivity index (χ2n) is 7.84. The van der Waals surface area contributed by atoms with E-state index >= 15 is 0 Å². The van der Waals surface area contributed by atoms with Crippen molar-refractivity contribution >= 4 is 11.6 Å². The van der Waals surface area contributed by atoms with Crippen LogP contribution in [0, 0.1) is 16.6 Å². The molecule has 21 heavy (non-hydrogen) atoms. The van der Waals surface area contributed by atoms with Gasteiger partial charge in [0, 0.05) is 6.04 Å². The van der Waals surface area contributed by atoms with Gasteiger partial charge in [-0.2, -0.15) is 4.98 Å². The lowest BCUT2D eigenvalue weighted by Crippen LogP contribution is -2.40. The van der Waals surface area contributed by atoms with E-state index in [2.05, 4.69) is 43.1 Å². The van der Waals surface area contributed by atoms with Crippen LogP contribution in [0.2, 0.25) is 0 Å². The second kappa shape index (κ2) is 4.68. The Morgan fingerprint density at radius 2 is 1.86 bits per heavy atom. The molecule has 0 aromatic carbocycles. The van der Waals surface area contributed by atoms with E-state index in [4.69, 9.17) is 0 Å². The number of nitrogens with one attached hydrogen (secondary N) is 1. The van der Waals surface area contributed by atoms with Crippen LogP contribution in [0.4, 0.5) is 10.3 Å². The average molecular weight is 290 g/mol. The first-order valence-corrected chi connectivity index (χ1v) is 7.51. The number of halogens is 1. The van der Waals surface area contributed by atoms with Crippen LogP contribution in [-0.4, -0.2) is 20.6 Å². The predicted molar refractivity (Wildman–Crippen MR) is 81.8 cm³/mol. The molecule has 1 fully saturated rings. The van der Waals surface area contributed by atoms with Crippen molar-refractivity contribution in [2.45, 2.75) is 53.0 Å². The molecule has 0 saturated heterocycles. The molecule has 1 aliphatic carbocycles. The highest BCUT2D eigenvalue weighted by atomic mass is 19.1. The van der Waals surface area contributed by atoms with Crippen LogP contribution in [0.5, 0.6) is 0 Å². The molecule has 2 heterocycles. The van der Waals surface area contributed by atoms with E-state index in [0.717, 1.165) is 12.8 Å². The standard InChI is InChI=1S/C16H23FN4/c1-15(2)7-12(8-16(3,4)10-15)18-14-19-13-6-5-11(17)9-21(13)20-14/h5-6,9,12H,7-8,10H2,1-4H3,(H,18,20). The number of anilines is 1. The molecular weight excluding hydrogens is 267 g/mol. The van der Waals surface area contributed by atoms with E-state index in [1.54, 1.807) is 6.07 Å². The molecule has 2 aromatic heterocycles. The Labute approximate surface area is 124 Å². The molecular formula is C16H23FN4. The molecule has 0 bridgehead atoms. The third-order valence-corrected chi connectivity index (χ3v) is 4.18. The van der Waals surface area contributed by atoms with Gasteiger partial charge in [0.05, 0.1) is 6.20 Å². The molecule has 1 aliphatic rings. The number of fused-ring (bicyclic) bond motifs is 1. The summed E-state index contributed by atoms with van der Waals surface area (Å²) < 4.78 is 14.7. The van der Waals surface area contributed by atoms with Gasteiger partial charge in [-0.15, -0.1) is 5.10 Å². The zero-order valence-corrected chi connectivity index (χ0v) is 13.2. The van der Waals surface area contributed by atoms with Crippen LogP contribution < -0.4 is 5.32 Å². The van der Waals surface area contributed by atoms with Gasteiger partial charge in [0.15, 0.2) is 5.65 Å². The monoisotopic (exact) mass is 290 g/mol. The maximum atomic E-state index is 13.2. The molecule has 3 rings (SSSR count). The van der Waals surface area contributed by atoms with E-state index < -0.39 is 0 Å². The van der Waals surface area contributed by atoms with Crippen LogP contribution >= 0.6 is 0 Å². The minimum absolute atomic E-state index is 0.307. The fraction of sp³-hybridized carbons (Fsp3) is 0.625. The van der Waals surface area contributed by atoms with Gasteiger partial charge in [0.1, 0.15) is 5.82 Å². The summed E-state index contributed by atoms with van der Waals surface area (Å²) in [6.45, 7) is 9.26. The minimum Gasteiger partial charge on any atom is -0.350 e. The number of hydrogen-bond acceptors (Lipinski definition) is 3. The van der Waals surface area contributed by atoms with Crippen molar-refractivity contribution in [2.75, 3.05) is 5.32 Å². The third-order valence-electron chi connectivity index (χ3n) is 4.18. The molecule has 0 radical (unpaired) electrons. The lowest BCUT2D eigenvalue weighted by Gasteiger charge is -2.45.